The van der Waals surface area contributed by atoms with Crippen LogP contribution in [0, 0.1) is 6.92 Å². The lowest BCUT2D eigenvalue weighted by Gasteiger charge is -2.10. The van der Waals surface area contributed by atoms with E-state index in [4.69, 9.17) is 14.9 Å². The highest BCUT2D eigenvalue weighted by molar-refractivity contribution is 5.99. The number of aliphatic imine (C=N–C) groups is 1. The molecule has 1 aromatic heterocycles. The molecule has 0 bridgehead atoms. The van der Waals surface area contributed by atoms with Crippen LogP contribution in [-0.4, -0.2) is 18.4 Å². The summed E-state index contributed by atoms with van der Waals surface area (Å²) in [5.74, 6) is 0.552. The molecule has 6 nitrogen and oxygen atoms in total. The van der Waals surface area contributed by atoms with E-state index in [9.17, 15) is 9.90 Å². The van der Waals surface area contributed by atoms with Gasteiger partial charge >= 0.3 is 0 Å². The minimum absolute atomic E-state index is 0.105. The molecule has 6 heteroatoms. The normalized spacial score (nSPS) is 11.2. The zero-order valence-corrected chi connectivity index (χ0v) is 13.2. The minimum atomic E-state index is -0.250. The van der Waals surface area contributed by atoms with Crippen molar-refractivity contribution in [2.24, 2.45) is 4.99 Å². The van der Waals surface area contributed by atoms with Crippen molar-refractivity contribution in [3.8, 4) is 11.5 Å². The van der Waals surface area contributed by atoms with Gasteiger partial charge in [0.2, 0.25) is 0 Å². The summed E-state index contributed by atoms with van der Waals surface area (Å²) in [5, 5.41) is 10.5. The van der Waals surface area contributed by atoms with Gasteiger partial charge in [-0.2, -0.15) is 0 Å². The van der Waals surface area contributed by atoms with Gasteiger partial charge in [-0.25, -0.2) is 0 Å². The van der Waals surface area contributed by atoms with E-state index in [0.717, 1.165) is 0 Å². The van der Waals surface area contributed by atoms with Gasteiger partial charge in [0, 0.05) is 18.3 Å². The van der Waals surface area contributed by atoms with Crippen LogP contribution in [0.5, 0.6) is 11.5 Å². The first-order valence-corrected chi connectivity index (χ1v) is 7.24. The van der Waals surface area contributed by atoms with Gasteiger partial charge in [0.15, 0.2) is 5.43 Å². The largest absolute Gasteiger partial charge is 0.507 e. The average molecular weight is 324 g/mol. The lowest BCUT2D eigenvalue weighted by Crippen LogP contribution is -2.05. The van der Waals surface area contributed by atoms with Crippen LogP contribution in [0.15, 0.2) is 50.6 Å². The number of aromatic hydroxyl groups is 1. The summed E-state index contributed by atoms with van der Waals surface area (Å²) in [7, 11) is 1.42. The predicted octanol–water partition coefficient (Wildman–Crippen LogP) is 3.15. The molecule has 0 aliphatic carbocycles. The van der Waals surface area contributed by atoms with Gasteiger partial charge in [0.05, 0.1) is 24.0 Å². The summed E-state index contributed by atoms with van der Waals surface area (Å²) < 4.78 is 10.8. The van der Waals surface area contributed by atoms with E-state index in [1.165, 1.54) is 25.5 Å². The van der Waals surface area contributed by atoms with Gasteiger partial charge in [-0.3, -0.25) is 9.79 Å². The van der Waals surface area contributed by atoms with Crippen molar-refractivity contribution in [3.63, 3.8) is 0 Å². The maximum Gasteiger partial charge on any atom is 0.196 e. The number of aryl methyl sites for hydroxylation is 1. The minimum Gasteiger partial charge on any atom is -0.507 e. The third-order valence-electron chi connectivity index (χ3n) is 3.59. The molecule has 2 aromatic carbocycles. The van der Waals surface area contributed by atoms with Gasteiger partial charge in [0.25, 0.3) is 0 Å². The predicted molar refractivity (Wildman–Crippen MR) is 93.5 cm³/mol. The molecule has 0 aliphatic heterocycles. The molecule has 0 radical (unpaired) electrons. The number of methoxy groups -OCH3 is 1. The first-order chi connectivity index (χ1) is 11.5. The molecule has 122 valence electrons. The number of ether oxygens (including phenoxy) is 1. The molecule has 0 amide bonds. The number of hydrogen-bond acceptors (Lipinski definition) is 6. The molecule has 0 saturated carbocycles. The maximum atomic E-state index is 12.3. The first kappa shape index (κ1) is 15.6. The van der Waals surface area contributed by atoms with Crippen molar-refractivity contribution in [2.75, 3.05) is 12.8 Å². The van der Waals surface area contributed by atoms with E-state index in [1.54, 1.807) is 31.2 Å². The molecule has 0 saturated heterocycles. The second-order valence-corrected chi connectivity index (χ2v) is 5.25. The summed E-state index contributed by atoms with van der Waals surface area (Å²) in [5.41, 5.74) is 7.19. The Morgan fingerprint density at radius 1 is 1.29 bits per heavy atom. The summed E-state index contributed by atoms with van der Waals surface area (Å²) >= 11 is 0. The number of phenolic OH excluding ortho intramolecular Hbond substituents is 1. The standard InChI is InChI=1S/C18H16N2O4/c1-10-7-15(22)17-16(24-10)8-14(21)11(18(17)23-2)9-20-13-6-4-3-5-12(13)19/h3-9,21H,19H2,1-2H3. The Hall–Kier alpha value is -3.28. The highest BCUT2D eigenvalue weighted by atomic mass is 16.5. The third-order valence-corrected chi connectivity index (χ3v) is 3.59. The zero-order chi connectivity index (χ0) is 17.3. The van der Waals surface area contributed by atoms with Crippen molar-refractivity contribution < 1.29 is 14.3 Å². The fraction of sp³-hybridized carbons (Fsp3) is 0.111. The highest BCUT2D eigenvalue weighted by Gasteiger charge is 2.17. The molecule has 0 fully saturated rings. The molecule has 3 rings (SSSR count). The molecule has 0 spiro atoms. The molecule has 0 atom stereocenters. The van der Waals surface area contributed by atoms with Crippen LogP contribution in [0.4, 0.5) is 11.4 Å². The molecule has 0 aliphatic rings. The first-order valence-electron chi connectivity index (χ1n) is 7.24. The number of para-hydroxylation sites is 2. The van der Waals surface area contributed by atoms with Crippen LogP contribution in [-0.2, 0) is 0 Å². The molecule has 3 N–H and O–H groups in total. The molecule has 0 unspecified atom stereocenters. The van der Waals surface area contributed by atoms with Crippen LogP contribution in [0.1, 0.15) is 11.3 Å². The Morgan fingerprint density at radius 3 is 2.75 bits per heavy atom. The lowest BCUT2D eigenvalue weighted by atomic mass is 10.1. The summed E-state index contributed by atoms with van der Waals surface area (Å²) in [6.45, 7) is 1.66. The molecular weight excluding hydrogens is 308 g/mol. The van der Waals surface area contributed by atoms with Gasteiger partial charge in [-0.05, 0) is 19.1 Å². The van der Waals surface area contributed by atoms with Gasteiger partial charge in [0.1, 0.15) is 28.2 Å². The van der Waals surface area contributed by atoms with E-state index >= 15 is 0 Å². The number of hydrogen-bond donors (Lipinski definition) is 2. The Morgan fingerprint density at radius 2 is 2.04 bits per heavy atom. The number of phenols is 1. The van der Waals surface area contributed by atoms with Crippen LogP contribution < -0.4 is 15.9 Å². The van der Waals surface area contributed by atoms with Crippen molar-refractivity contribution in [1.29, 1.82) is 0 Å². The Labute approximate surface area is 137 Å². The second kappa shape index (κ2) is 6.08. The van der Waals surface area contributed by atoms with Crippen LogP contribution >= 0.6 is 0 Å². The molecule has 3 aromatic rings. The number of nitrogens with two attached hydrogens (primary N) is 1. The lowest BCUT2D eigenvalue weighted by molar-refractivity contribution is 0.410. The number of nitrogens with zero attached hydrogens (tertiary/aromatic N) is 1. The Balaban J connectivity index is 2.23. The van der Waals surface area contributed by atoms with Gasteiger partial charge in [-0.1, -0.05) is 12.1 Å². The SMILES string of the molecule is COc1c(C=Nc2ccccc2N)c(O)cc2oc(C)cc(=O)c12. The molecular formula is C18H16N2O4. The molecule has 1 heterocycles. The second-order valence-electron chi connectivity index (χ2n) is 5.25. The Kier molecular flexibility index (Phi) is 3.95. The van der Waals surface area contributed by atoms with Gasteiger partial charge < -0.3 is 20.0 Å². The fourth-order valence-corrected chi connectivity index (χ4v) is 2.49. The van der Waals surface area contributed by atoms with E-state index in [0.29, 0.717) is 17.1 Å². The average Bonchev–Trinajstić information content (AvgIpc) is 2.53. The third kappa shape index (κ3) is 2.69. The number of anilines is 1. The fourth-order valence-electron chi connectivity index (χ4n) is 2.49. The van der Waals surface area contributed by atoms with Crippen molar-refractivity contribution >= 4 is 28.6 Å². The Bertz CT molecular complexity index is 1010. The van der Waals surface area contributed by atoms with Crippen LogP contribution in [0.25, 0.3) is 11.0 Å². The monoisotopic (exact) mass is 324 g/mol. The smallest absolute Gasteiger partial charge is 0.196 e. The number of nitrogen functional groups attached to an aromatic ring is 1. The number of fused-ring (bicyclic) bond motifs is 1. The summed E-state index contributed by atoms with van der Waals surface area (Å²) in [6.07, 6.45) is 1.42. The van der Waals surface area contributed by atoms with E-state index in [2.05, 4.69) is 4.99 Å². The summed E-state index contributed by atoms with van der Waals surface area (Å²) in [4.78, 5) is 16.6. The van der Waals surface area contributed by atoms with Crippen LogP contribution in [0.3, 0.4) is 0 Å². The quantitative estimate of drug-likeness (QED) is 0.569. The van der Waals surface area contributed by atoms with E-state index in [1.807, 2.05) is 0 Å². The topological polar surface area (TPSA) is 98.1 Å². The summed E-state index contributed by atoms with van der Waals surface area (Å²) in [6, 6.07) is 9.82. The zero-order valence-electron chi connectivity index (χ0n) is 13.2. The van der Waals surface area contributed by atoms with Gasteiger partial charge in [-0.15, -0.1) is 0 Å². The van der Waals surface area contributed by atoms with E-state index in [-0.39, 0.29) is 33.5 Å². The maximum absolute atomic E-state index is 12.3. The number of rotatable bonds is 3. The van der Waals surface area contributed by atoms with E-state index < -0.39 is 0 Å². The highest BCUT2D eigenvalue weighted by Crippen LogP contribution is 2.34. The van der Waals surface area contributed by atoms with Crippen LogP contribution in [0.2, 0.25) is 0 Å². The van der Waals surface area contributed by atoms with Crippen molar-refractivity contribution in [3.05, 3.63) is 57.9 Å². The van der Waals surface area contributed by atoms with Crippen molar-refractivity contribution in [1.82, 2.24) is 0 Å². The number of benzene rings is 2. The van der Waals surface area contributed by atoms with Crippen molar-refractivity contribution in [2.45, 2.75) is 6.92 Å². The molecule has 24 heavy (non-hydrogen) atoms.